The Balaban J connectivity index is 2.65. The molecule has 2 atom stereocenters. The van der Waals surface area contributed by atoms with E-state index in [1.807, 2.05) is 0 Å². The molecule has 1 saturated carbocycles. The van der Waals surface area contributed by atoms with Gasteiger partial charge in [-0.2, -0.15) is 5.26 Å². The summed E-state index contributed by atoms with van der Waals surface area (Å²) in [4.78, 5) is 0. The maximum atomic E-state index is 12.8. The quantitative estimate of drug-likeness (QED) is 0.517. The third kappa shape index (κ3) is 1.12. The number of halogens is 1. The van der Waals surface area contributed by atoms with E-state index in [1.165, 1.54) is 0 Å². The van der Waals surface area contributed by atoms with E-state index in [0.29, 0.717) is 6.42 Å². The summed E-state index contributed by atoms with van der Waals surface area (Å²) < 4.78 is 12.8. The summed E-state index contributed by atoms with van der Waals surface area (Å²) in [6, 6.07) is 1.61. The number of hydrogen-bond donors (Lipinski definition) is 1. The zero-order valence-corrected chi connectivity index (χ0v) is 5.68. The van der Waals surface area contributed by atoms with E-state index in [0.717, 1.165) is 12.8 Å². The molecule has 0 bridgehead atoms. The van der Waals surface area contributed by atoms with Gasteiger partial charge in [-0.05, 0) is 19.3 Å². The molecular formula is C7H10FNO. The third-order valence-corrected chi connectivity index (χ3v) is 1.98. The molecule has 1 aliphatic rings. The van der Waals surface area contributed by atoms with Crippen molar-refractivity contribution in [3.8, 4) is 6.07 Å². The van der Waals surface area contributed by atoms with Crippen LogP contribution in [0, 0.1) is 11.3 Å². The number of rotatable bonds is 0. The Bertz CT molecular complexity index is 165. The first-order chi connectivity index (χ1) is 4.69. The molecular weight excluding hydrogens is 133 g/mol. The average molecular weight is 143 g/mol. The third-order valence-electron chi connectivity index (χ3n) is 1.98. The second-order valence-electron chi connectivity index (χ2n) is 2.75. The van der Waals surface area contributed by atoms with Gasteiger partial charge in [-0.3, -0.25) is 0 Å². The first-order valence-corrected chi connectivity index (χ1v) is 3.47. The summed E-state index contributed by atoms with van der Waals surface area (Å²) in [5.74, 6) is 0. The summed E-state index contributed by atoms with van der Waals surface area (Å²) in [6.07, 6.45) is 0.802. The largest absolute Gasteiger partial charge is 0.373 e. The maximum absolute atomic E-state index is 12.8. The number of nitriles is 1. The molecule has 0 aromatic rings. The van der Waals surface area contributed by atoms with Crippen LogP contribution >= 0.6 is 0 Å². The highest BCUT2D eigenvalue weighted by molar-refractivity contribution is 5.06. The topological polar surface area (TPSA) is 44.0 Å². The van der Waals surface area contributed by atoms with Crippen molar-refractivity contribution < 1.29 is 9.50 Å². The fourth-order valence-corrected chi connectivity index (χ4v) is 1.24. The van der Waals surface area contributed by atoms with Gasteiger partial charge in [0.1, 0.15) is 12.2 Å². The molecule has 56 valence electrons. The number of nitrogens with zero attached hydrogens (tertiary/aromatic N) is 1. The van der Waals surface area contributed by atoms with Crippen LogP contribution in [0.2, 0.25) is 0 Å². The predicted molar refractivity (Wildman–Crippen MR) is 33.9 cm³/mol. The van der Waals surface area contributed by atoms with Gasteiger partial charge < -0.3 is 5.11 Å². The van der Waals surface area contributed by atoms with Gasteiger partial charge >= 0.3 is 0 Å². The van der Waals surface area contributed by atoms with Crippen LogP contribution in [0.25, 0.3) is 0 Å². The second-order valence-corrected chi connectivity index (χ2v) is 2.75. The van der Waals surface area contributed by atoms with E-state index in [4.69, 9.17) is 5.26 Å². The normalized spacial score (nSPS) is 40.7. The smallest absolute Gasteiger partial charge is 0.182 e. The van der Waals surface area contributed by atoms with Crippen LogP contribution in [0.4, 0.5) is 4.39 Å². The minimum Gasteiger partial charge on any atom is -0.373 e. The summed E-state index contributed by atoms with van der Waals surface area (Å²) in [6.45, 7) is 0. The Labute approximate surface area is 59.3 Å². The molecule has 0 unspecified atom stereocenters. The van der Waals surface area contributed by atoms with Gasteiger partial charge in [-0.1, -0.05) is 6.42 Å². The van der Waals surface area contributed by atoms with Crippen LogP contribution in [-0.2, 0) is 0 Å². The van der Waals surface area contributed by atoms with Crippen molar-refractivity contribution in [2.45, 2.75) is 37.5 Å². The standard InChI is InChI=1S/C7H10FNO/c8-6-3-1-2-4-7(6,10)5-9/h6,10H,1-4H2/t6-,7+/m0/s1. The summed E-state index contributed by atoms with van der Waals surface area (Å²) in [5.41, 5.74) is -1.68. The van der Waals surface area contributed by atoms with Crippen LogP contribution in [0.15, 0.2) is 0 Å². The van der Waals surface area contributed by atoms with E-state index in [-0.39, 0.29) is 6.42 Å². The lowest BCUT2D eigenvalue weighted by atomic mass is 9.84. The van der Waals surface area contributed by atoms with Gasteiger partial charge in [0, 0.05) is 0 Å². The molecule has 3 heteroatoms. The molecule has 2 nitrogen and oxygen atoms in total. The minimum absolute atomic E-state index is 0.282. The number of aliphatic hydroxyl groups is 1. The molecule has 0 amide bonds. The Morgan fingerprint density at radius 1 is 1.60 bits per heavy atom. The van der Waals surface area contributed by atoms with Crippen molar-refractivity contribution in [3.05, 3.63) is 0 Å². The highest BCUT2D eigenvalue weighted by Crippen LogP contribution is 2.29. The molecule has 0 spiro atoms. The van der Waals surface area contributed by atoms with E-state index in [1.54, 1.807) is 6.07 Å². The predicted octanol–water partition coefficient (Wildman–Crippen LogP) is 1.15. The fraction of sp³-hybridized carbons (Fsp3) is 0.857. The van der Waals surface area contributed by atoms with Crippen molar-refractivity contribution in [2.24, 2.45) is 0 Å². The highest BCUT2D eigenvalue weighted by atomic mass is 19.1. The highest BCUT2D eigenvalue weighted by Gasteiger charge is 2.39. The SMILES string of the molecule is N#C[C@]1(O)CCCC[C@@H]1F. The van der Waals surface area contributed by atoms with E-state index < -0.39 is 11.8 Å². The van der Waals surface area contributed by atoms with Crippen molar-refractivity contribution in [3.63, 3.8) is 0 Å². The molecule has 0 saturated heterocycles. The molecule has 1 N–H and O–H groups in total. The van der Waals surface area contributed by atoms with Crippen molar-refractivity contribution in [1.29, 1.82) is 5.26 Å². The van der Waals surface area contributed by atoms with Gasteiger partial charge in [0.05, 0.1) is 0 Å². The molecule has 1 rings (SSSR count). The Morgan fingerprint density at radius 2 is 2.30 bits per heavy atom. The van der Waals surface area contributed by atoms with Crippen LogP contribution in [0.1, 0.15) is 25.7 Å². The van der Waals surface area contributed by atoms with Crippen LogP contribution < -0.4 is 0 Å². The zero-order chi connectivity index (χ0) is 7.61. The van der Waals surface area contributed by atoms with Gasteiger partial charge in [-0.25, -0.2) is 4.39 Å². The van der Waals surface area contributed by atoms with Crippen LogP contribution in [0.3, 0.4) is 0 Å². The monoisotopic (exact) mass is 143 g/mol. The van der Waals surface area contributed by atoms with Crippen molar-refractivity contribution in [1.82, 2.24) is 0 Å². The molecule has 10 heavy (non-hydrogen) atoms. The molecule has 0 heterocycles. The van der Waals surface area contributed by atoms with Gasteiger partial charge in [0.2, 0.25) is 0 Å². The lowest BCUT2D eigenvalue weighted by molar-refractivity contribution is -0.0164. The number of hydrogen-bond acceptors (Lipinski definition) is 2. The van der Waals surface area contributed by atoms with Gasteiger partial charge in [-0.15, -0.1) is 0 Å². The van der Waals surface area contributed by atoms with Gasteiger partial charge in [0.15, 0.2) is 5.60 Å². The summed E-state index contributed by atoms with van der Waals surface area (Å²) in [7, 11) is 0. The average Bonchev–Trinajstić information content (AvgIpc) is 1.96. The summed E-state index contributed by atoms with van der Waals surface area (Å²) in [5, 5.41) is 17.6. The molecule has 0 aromatic carbocycles. The number of alkyl halides is 1. The Hall–Kier alpha value is -0.620. The lowest BCUT2D eigenvalue weighted by Gasteiger charge is -2.28. The molecule has 0 aliphatic heterocycles. The van der Waals surface area contributed by atoms with E-state index in [9.17, 15) is 9.50 Å². The maximum Gasteiger partial charge on any atom is 0.182 e. The van der Waals surface area contributed by atoms with Crippen molar-refractivity contribution in [2.75, 3.05) is 0 Å². The van der Waals surface area contributed by atoms with Crippen LogP contribution in [-0.4, -0.2) is 16.9 Å². The first-order valence-electron chi connectivity index (χ1n) is 3.47. The molecule has 0 aromatic heterocycles. The molecule has 1 aliphatic carbocycles. The summed E-state index contributed by atoms with van der Waals surface area (Å²) >= 11 is 0. The molecule has 0 radical (unpaired) electrons. The lowest BCUT2D eigenvalue weighted by Crippen LogP contribution is -2.40. The zero-order valence-electron chi connectivity index (χ0n) is 5.68. The minimum atomic E-state index is -1.68. The van der Waals surface area contributed by atoms with Crippen molar-refractivity contribution >= 4 is 0 Å². The molecule has 1 fully saturated rings. The Morgan fingerprint density at radius 3 is 2.70 bits per heavy atom. The van der Waals surface area contributed by atoms with Gasteiger partial charge in [0.25, 0.3) is 0 Å². The second kappa shape index (κ2) is 2.55. The van der Waals surface area contributed by atoms with Crippen LogP contribution in [0.5, 0.6) is 0 Å². The van der Waals surface area contributed by atoms with E-state index in [2.05, 4.69) is 0 Å². The fourth-order valence-electron chi connectivity index (χ4n) is 1.24. The Kier molecular flexibility index (Phi) is 1.91. The van der Waals surface area contributed by atoms with E-state index >= 15 is 0 Å². The first kappa shape index (κ1) is 7.49.